The second-order valence-electron chi connectivity index (χ2n) is 10.1. The minimum Gasteiger partial charge on any atom is -0.371 e. The van der Waals surface area contributed by atoms with Gasteiger partial charge in [0, 0.05) is 43.8 Å². The number of hydrogen-bond donors (Lipinski definition) is 0. The van der Waals surface area contributed by atoms with Crippen LogP contribution in [-0.4, -0.2) is 67.1 Å². The standard InChI is InChI=1S/C28H33I2N8/c1-17(2)38-18(3)34-27-23(29)11-19(12-25(27)38)22-13-26(31-16-24(22)30-4)35-28-32-14-21(15-33-28)37-9-7-20(8-10-37)36(5)6/h11-17,20H,4,7-10H2,1-3,5-6H3/q-1. The third-order valence-corrected chi connectivity index (χ3v) is 9.64. The summed E-state index contributed by atoms with van der Waals surface area (Å²) in [5, 5.41) is 4.67. The average molecular weight is 735 g/mol. The smallest absolute Gasteiger partial charge is 0.107 e. The van der Waals surface area contributed by atoms with Crippen molar-refractivity contribution in [1.82, 2.24) is 29.4 Å². The second kappa shape index (κ2) is 11.5. The Morgan fingerprint density at radius 1 is 1.08 bits per heavy atom. The van der Waals surface area contributed by atoms with E-state index in [9.17, 15) is 0 Å². The van der Waals surface area contributed by atoms with Gasteiger partial charge in [0.15, 0.2) is 0 Å². The Morgan fingerprint density at radius 3 is 2.42 bits per heavy atom. The molecule has 0 atom stereocenters. The molecule has 4 aromatic rings. The summed E-state index contributed by atoms with van der Waals surface area (Å²) in [6.07, 6.45) is 7.97. The van der Waals surface area contributed by atoms with E-state index in [4.69, 9.17) is 4.98 Å². The number of pyridine rings is 1. The fraction of sp³-hybridized carbons (Fsp3) is 0.393. The summed E-state index contributed by atoms with van der Waals surface area (Å²) in [7, 11) is 4.32. The molecule has 10 heteroatoms. The minimum atomic E-state index is -0.420. The first-order chi connectivity index (χ1) is 18.2. The molecular formula is C28H33I2N8-. The number of aryl methyl sites for hydroxylation is 1. The molecule has 0 radical (unpaired) electrons. The van der Waals surface area contributed by atoms with Crippen LogP contribution in [0.15, 0.2) is 36.8 Å². The number of rotatable bonds is 7. The SMILES string of the molecule is C=Ic1cnc([N-]c2ncc(N3CCC(N(C)C)CC3)cn2)cc1-c1cc(I)c2nc(C)n(C(C)C)c2c1. The van der Waals surface area contributed by atoms with E-state index < -0.39 is 20.7 Å². The Kier molecular flexibility index (Phi) is 8.29. The van der Waals surface area contributed by atoms with Crippen LogP contribution in [0.4, 0.5) is 17.5 Å². The van der Waals surface area contributed by atoms with E-state index in [0.717, 1.165) is 63.2 Å². The molecule has 1 fully saturated rings. The van der Waals surface area contributed by atoms with Crippen molar-refractivity contribution >= 4 is 76.3 Å². The van der Waals surface area contributed by atoms with Crippen molar-refractivity contribution in [3.63, 3.8) is 0 Å². The number of aromatic nitrogens is 5. The van der Waals surface area contributed by atoms with Crippen LogP contribution >= 0.6 is 43.3 Å². The van der Waals surface area contributed by atoms with Gasteiger partial charge in [0.25, 0.3) is 0 Å². The number of halogens is 2. The van der Waals surface area contributed by atoms with Gasteiger partial charge >= 0.3 is 0 Å². The van der Waals surface area contributed by atoms with Gasteiger partial charge in [-0.3, -0.25) is 0 Å². The number of piperidine rings is 1. The number of imidazole rings is 1. The van der Waals surface area contributed by atoms with E-state index in [1.165, 1.54) is 3.57 Å². The van der Waals surface area contributed by atoms with Crippen LogP contribution in [0.2, 0.25) is 0 Å². The van der Waals surface area contributed by atoms with Gasteiger partial charge in [0.05, 0.1) is 11.5 Å². The lowest BCUT2D eigenvalue weighted by Crippen LogP contribution is -2.42. The van der Waals surface area contributed by atoms with Crippen LogP contribution in [-0.2, 0) is 0 Å². The molecule has 0 N–H and O–H groups in total. The topological polar surface area (TPSA) is 77.1 Å². The lowest BCUT2D eigenvalue weighted by molar-refractivity contribution is 0.249. The van der Waals surface area contributed by atoms with Crippen LogP contribution in [0, 0.1) is 14.1 Å². The molecule has 0 aliphatic carbocycles. The molecule has 38 heavy (non-hydrogen) atoms. The Labute approximate surface area is 248 Å². The number of nitrogens with zero attached hydrogens (tertiary/aromatic N) is 8. The van der Waals surface area contributed by atoms with E-state index in [-0.39, 0.29) is 0 Å². The lowest BCUT2D eigenvalue weighted by atomic mass is 10.0. The maximum Gasteiger partial charge on any atom is 0.107 e. The molecule has 0 amide bonds. The maximum atomic E-state index is 4.83. The normalized spacial score (nSPS) is 14.7. The molecule has 1 aromatic carbocycles. The van der Waals surface area contributed by atoms with Crippen molar-refractivity contribution in [2.45, 2.75) is 45.7 Å². The minimum absolute atomic E-state index is 0.327. The van der Waals surface area contributed by atoms with Crippen molar-refractivity contribution in [3.05, 3.63) is 55.1 Å². The fourth-order valence-electron chi connectivity index (χ4n) is 5.17. The molecule has 1 saturated heterocycles. The van der Waals surface area contributed by atoms with Crippen molar-refractivity contribution < 1.29 is 0 Å². The third kappa shape index (κ3) is 5.57. The first-order valence-corrected chi connectivity index (χ1v) is 16.5. The van der Waals surface area contributed by atoms with Crippen molar-refractivity contribution in [2.24, 2.45) is 0 Å². The van der Waals surface area contributed by atoms with Gasteiger partial charge in [-0.15, -0.1) is 0 Å². The van der Waals surface area contributed by atoms with E-state index >= 15 is 0 Å². The molecule has 5 rings (SSSR count). The van der Waals surface area contributed by atoms with Crippen LogP contribution in [0.25, 0.3) is 27.5 Å². The number of benzene rings is 1. The predicted molar refractivity (Wildman–Crippen MR) is 174 cm³/mol. The summed E-state index contributed by atoms with van der Waals surface area (Å²) in [6, 6.07) is 7.46. The first-order valence-electron chi connectivity index (χ1n) is 12.8. The molecule has 0 saturated carbocycles. The van der Waals surface area contributed by atoms with E-state index in [2.05, 4.69) is 109 Å². The molecule has 0 spiro atoms. The summed E-state index contributed by atoms with van der Waals surface area (Å²) in [5.74, 6) is 2.05. The van der Waals surface area contributed by atoms with Gasteiger partial charge in [-0.25, -0.2) is 4.98 Å². The highest BCUT2D eigenvalue weighted by molar-refractivity contribution is 14.2. The first kappa shape index (κ1) is 27.4. The zero-order chi connectivity index (χ0) is 27.0. The molecule has 0 unspecified atom stereocenters. The highest BCUT2D eigenvalue weighted by Crippen LogP contribution is 2.37. The Morgan fingerprint density at radius 2 is 1.79 bits per heavy atom. The predicted octanol–water partition coefficient (Wildman–Crippen LogP) is 6.82. The lowest BCUT2D eigenvalue weighted by Gasteiger charge is -2.36. The van der Waals surface area contributed by atoms with Crippen LogP contribution in [0.1, 0.15) is 38.6 Å². The number of hydrogen-bond acceptors (Lipinski definition) is 6. The number of fused-ring (bicyclic) bond motifs is 1. The summed E-state index contributed by atoms with van der Waals surface area (Å²) in [5.41, 5.74) is 5.50. The van der Waals surface area contributed by atoms with Gasteiger partial charge in [0.1, 0.15) is 11.3 Å². The molecule has 4 heterocycles. The molecule has 1 aliphatic rings. The van der Waals surface area contributed by atoms with E-state index in [1.807, 2.05) is 24.7 Å². The zero-order valence-corrected chi connectivity index (χ0v) is 26.8. The van der Waals surface area contributed by atoms with Crippen molar-refractivity contribution in [1.29, 1.82) is 0 Å². The molecule has 0 bridgehead atoms. The van der Waals surface area contributed by atoms with Gasteiger partial charge in [-0.2, -0.15) is 0 Å². The second-order valence-corrected chi connectivity index (χ2v) is 13.2. The zero-order valence-electron chi connectivity index (χ0n) is 22.5. The van der Waals surface area contributed by atoms with E-state index in [0.29, 0.717) is 23.8 Å². The van der Waals surface area contributed by atoms with Crippen molar-refractivity contribution in [3.8, 4) is 11.1 Å². The quantitative estimate of drug-likeness (QED) is 0.194. The summed E-state index contributed by atoms with van der Waals surface area (Å²) in [6.45, 7) is 8.49. The Hall–Kier alpha value is -2.19. The monoisotopic (exact) mass is 735 g/mol. The van der Waals surface area contributed by atoms with Crippen LogP contribution < -0.4 is 4.90 Å². The Bertz CT molecular complexity index is 1450. The molecule has 3 aromatic heterocycles. The van der Waals surface area contributed by atoms with Crippen LogP contribution in [0.3, 0.4) is 0 Å². The van der Waals surface area contributed by atoms with Crippen molar-refractivity contribution in [2.75, 3.05) is 32.1 Å². The highest BCUT2D eigenvalue weighted by atomic mass is 127. The fourth-order valence-corrected chi connectivity index (χ4v) is 7.12. The van der Waals surface area contributed by atoms with Gasteiger partial charge < -0.3 is 34.6 Å². The van der Waals surface area contributed by atoms with Gasteiger partial charge in [-0.05, 0) is 118 Å². The molecular weight excluding hydrogens is 702 g/mol. The third-order valence-electron chi connectivity index (χ3n) is 7.14. The summed E-state index contributed by atoms with van der Waals surface area (Å²) < 4.78 is 8.86. The Balaban J connectivity index is 1.40. The molecule has 200 valence electrons. The summed E-state index contributed by atoms with van der Waals surface area (Å²) >= 11 is 1.97. The van der Waals surface area contributed by atoms with Gasteiger partial charge in [0.2, 0.25) is 0 Å². The van der Waals surface area contributed by atoms with Gasteiger partial charge in [-0.1, -0.05) is 25.2 Å². The number of anilines is 1. The summed E-state index contributed by atoms with van der Waals surface area (Å²) in [4.78, 5) is 23.2. The largest absolute Gasteiger partial charge is 0.371 e. The van der Waals surface area contributed by atoms with E-state index in [1.54, 1.807) is 0 Å². The average Bonchev–Trinajstić information content (AvgIpc) is 3.25. The molecule has 8 nitrogen and oxygen atoms in total. The van der Waals surface area contributed by atoms with Crippen LogP contribution in [0.5, 0.6) is 0 Å². The molecule has 1 aliphatic heterocycles. The maximum absolute atomic E-state index is 4.83. The highest BCUT2D eigenvalue weighted by Gasteiger charge is 2.20.